The number of anilines is 2. The van der Waals surface area contributed by atoms with E-state index >= 15 is 0 Å². The number of carbonyl (C=O) groups excluding carboxylic acids is 2. The van der Waals surface area contributed by atoms with E-state index in [2.05, 4.69) is 5.32 Å². The zero-order valence-electron chi connectivity index (χ0n) is 18.5. The molecule has 0 atom stereocenters. The Morgan fingerprint density at radius 2 is 1.79 bits per heavy atom. The van der Waals surface area contributed by atoms with Crippen molar-refractivity contribution in [3.63, 3.8) is 0 Å². The molecule has 1 heterocycles. The molecule has 1 fully saturated rings. The third-order valence-corrected chi connectivity index (χ3v) is 6.89. The Morgan fingerprint density at radius 1 is 1.09 bits per heavy atom. The topological polar surface area (TPSA) is 58.6 Å². The van der Waals surface area contributed by atoms with Crippen LogP contribution in [0.3, 0.4) is 0 Å². The Labute approximate surface area is 212 Å². The van der Waals surface area contributed by atoms with Gasteiger partial charge in [0.05, 0.1) is 10.6 Å². The van der Waals surface area contributed by atoms with Crippen molar-refractivity contribution in [1.82, 2.24) is 0 Å². The Bertz CT molecular complexity index is 1290. The van der Waals surface area contributed by atoms with Crippen LogP contribution in [0.2, 0.25) is 5.02 Å². The molecule has 1 aliphatic rings. The Kier molecular flexibility index (Phi) is 7.36. The monoisotopic (exact) mass is 508 g/mol. The van der Waals surface area contributed by atoms with Crippen molar-refractivity contribution in [1.29, 1.82) is 0 Å². The number of amides is 2. The van der Waals surface area contributed by atoms with Gasteiger partial charge in [0, 0.05) is 10.7 Å². The molecule has 0 unspecified atom stereocenters. The number of ether oxygens (including phenoxy) is 1. The van der Waals surface area contributed by atoms with Gasteiger partial charge in [0.25, 0.3) is 11.8 Å². The summed E-state index contributed by atoms with van der Waals surface area (Å²) in [6, 6.07) is 20.2. The summed E-state index contributed by atoms with van der Waals surface area (Å²) in [4.78, 5) is 27.2. The van der Waals surface area contributed by atoms with E-state index in [0.29, 0.717) is 25.7 Å². The molecule has 1 saturated heterocycles. The second-order valence-corrected chi connectivity index (χ2v) is 9.75. The number of hydrogen-bond donors (Lipinski definition) is 1. The molecule has 0 aromatic heterocycles. The second kappa shape index (κ2) is 10.4. The zero-order chi connectivity index (χ0) is 24.2. The lowest BCUT2D eigenvalue weighted by molar-refractivity contribution is -0.118. The summed E-state index contributed by atoms with van der Waals surface area (Å²) in [6.45, 7) is 3.70. The molecule has 5 nitrogen and oxygen atoms in total. The third-order valence-electron chi connectivity index (χ3n) is 5.18. The number of thiocarbonyl (C=S) groups is 1. The van der Waals surface area contributed by atoms with Crippen LogP contribution in [0.25, 0.3) is 6.08 Å². The van der Waals surface area contributed by atoms with E-state index in [-0.39, 0.29) is 18.4 Å². The molecule has 3 aromatic carbocycles. The number of nitrogens with one attached hydrogen (secondary N) is 1. The summed E-state index contributed by atoms with van der Waals surface area (Å²) >= 11 is 12.8. The molecule has 0 spiro atoms. The van der Waals surface area contributed by atoms with Crippen molar-refractivity contribution >= 4 is 69.2 Å². The molecule has 3 aromatic rings. The highest BCUT2D eigenvalue weighted by Gasteiger charge is 2.33. The third kappa shape index (κ3) is 5.50. The van der Waals surface area contributed by atoms with E-state index in [9.17, 15) is 9.59 Å². The largest absolute Gasteiger partial charge is 0.484 e. The lowest BCUT2D eigenvalue weighted by atomic mass is 10.2. The molecule has 1 aliphatic heterocycles. The van der Waals surface area contributed by atoms with E-state index in [1.807, 2.05) is 50.2 Å². The molecule has 0 saturated carbocycles. The van der Waals surface area contributed by atoms with Crippen molar-refractivity contribution in [2.75, 3.05) is 16.8 Å². The maximum atomic E-state index is 12.9. The highest BCUT2D eigenvalue weighted by molar-refractivity contribution is 8.27. The first kappa shape index (κ1) is 24.0. The molecule has 0 bridgehead atoms. The summed E-state index contributed by atoms with van der Waals surface area (Å²) < 4.78 is 6.09. The predicted molar refractivity (Wildman–Crippen MR) is 144 cm³/mol. The van der Waals surface area contributed by atoms with Gasteiger partial charge in [-0.05, 0) is 67.4 Å². The highest BCUT2D eigenvalue weighted by atomic mass is 35.5. The van der Waals surface area contributed by atoms with Gasteiger partial charge in [-0.15, -0.1) is 0 Å². The van der Waals surface area contributed by atoms with E-state index in [1.165, 1.54) is 11.8 Å². The fourth-order valence-corrected chi connectivity index (χ4v) is 4.75. The smallest absolute Gasteiger partial charge is 0.270 e. The van der Waals surface area contributed by atoms with Gasteiger partial charge >= 0.3 is 0 Å². The Balaban J connectivity index is 1.37. The van der Waals surface area contributed by atoms with E-state index in [1.54, 1.807) is 41.3 Å². The van der Waals surface area contributed by atoms with Crippen LogP contribution in [0, 0.1) is 13.8 Å². The summed E-state index contributed by atoms with van der Waals surface area (Å²) in [6.07, 6.45) is 1.80. The van der Waals surface area contributed by atoms with Crippen LogP contribution in [-0.4, -0.2) is 22.7 Å². The number of benzene rings is 3. The Morgan fingerprint density at radius 3 is 2.50 bits per heavy atom. The quantitative estimate of drug-likeness (QED) is 0.309. The summed E-state index contributed by atoms with van der Waals surface area (Å²) in [7, 11) is 0. The van der Waals surface area contributed by atoms with Crippen molar-refractivity contribution in [3.8, 4) is 5.75 Å². The van der Waals surface area contributed by atoms with Crippen LogP contribution in [0.1, 0.15) is 16.7 Å². The average Bonchev–Trinajstić information content (AvgIpc) is 3.10. The first-order valence-corrected chi connectivity index (χ1v) is 12.0. The van der Waals surface area contributed by atoms with Gasteiger partial charge in [-0.1, -0.05) is 71.5 Å². The second-order valence-electron chi connectivity index (χ2n) is 7.67. The molecule has 0 radical (unpaired) electrons. The zero-order valence-corrected chi connectivity index (χ0v) is 20.9. The standard InChI is InChI=1S/C26H21ClN2O3S2/c1-16-6-10-19(11-7-16)29-25(31)23(34-26(29)33)14-18-8-12-20(13-9-18)32-15-24(30)28-22-5-3-4-21(27)17(22)2/h3-14H,15H2,1-2H3,(H,28,30)/b23-14-. The fourth-order valence-electron chi connectivity index (χ4n) is 3.27. The van der Waals surface area contributed by atoms with Crippen LogP contribution in [0.4, 0.5) is 11.4 Å². The molecule has 2 amide bonds. The number of thioether (sulfide) groups is 1. The molecule has 0 aliphatic carbocycles. The predicted octanol–water partition coefficient (Wildman–Crippen LogP) is 6.38. The Hall–Kier alpha value is -3.13. The molecule has 34 heavy (non-hydrogen) atoms. The van der Waals surface area contributed by atoms with E-state index in [4.69, 9.17) is 28.6 Å². The normalized spacial score (nSPS) is 14.6. The number of rotatable bonds is 6. The maximum Gasteiger partial charge on any atom is 0.270 e. The molecule has 4 rings (SSSR count). The average molecular weight is 509 g/mol. The highest BCUT2D eigenvalue weighted by Crippen LogP contribution is 2.36. The minimum Gasteiger partial charge on any atom is -0.484 e. The van der Waals surface area contributed by atoms with E-state index in [0.717, 1.165) is 22.4 Å². The first-order chi connectivity index (χ1) is 16.3. The number of nitrogens with zero attached hydrogens (tertiary/aromatic N) is 1. The lowest BCUT2D eigenvalue weighted by Crippen LogP contribution is -2.27. The van der Waals surface area contributed by atoms with Gasteiger partial charge in [-0.3, -0.25) is 14.5 Å². The van der Waals surface area contributed by atoms with Gasteiger partial charge in [0.1, 0.15) is 5.75 Å². The van der Waals surface area contributed by atoms with Gasteiger partial charge < -0.3 is 10.1 Å². The van der Waals surface area contributed by atoms with Gasteiger partial charge in [0.2, 0.25) is 0 Å². The van der Waals surface area contributed by atoms with Gasteiger partial charge in [0.15, 0.2) is 10.9 Å². The molecule has 172 valence electrons. The first-order valence-electron chi connectivity index (χ1n) is 10.4. The summed E-state index contributed by atoms with van der Waals surface area (Å²) in [5.74, 6) is 0.115. The van der Waals surface area contributed by atoms with Crippen molar-refractivity contribution < 1.29 is 14.3 Å². The molecule has 1 N–H and O–H groups in total. The van der Waals surface area contributed by atoms with Crippen LogP contribution in [-0.2, 0) is 9.59 Å². The van der Waals surface area contributed by atoms with Crippen molar-refractivity contribution in [2.45, 2.75) is 13.8 Å². The molecule has 8 heteroatoms. The van der Waals surface area contributed by atoms with Crippen LogP contribution < -0.4 is 15.0 Å². The minimum atomic E-state index is -0.283. The minimum absolute atomic E-state index is 0.138. The van der Waals surface area contributed by atoms with E-state index < -0.39 is 0 Å². The van der Waals surface area contributed by atoms with Crippen molar-refractivity contribution in [3.05, 3.63) is 93.3 Å². The number of carbonyl (C=O) groups is 2. The van der Waals surface area contributed by atoms with Crippen molar-refractivity contribution in [2.24, 2.45) is 0 Å². The van der Waals surface area contributed by atoms with Crippen LogP contribution in [0.15, 0.2) is 71.6 Å². The maximum absolute atomic E-state index is 12.9. The van der Waals surface area contributed by atoms with Crippen LogP contribution >= 0.6 is 35.6 Å². The number of hydrogen-bond acceptors (Lipinski definition) is 5. The summed E-state index contributed by atoms with van der Waals surface area (Å²) in [5.41, 5.74) is 4.15. The number of halogens is 1. The fraction of sp³-hybridized carbons (Fsp3) is 0.115. The van der Waals surface area contributed by atoms with Gasteiger partial charge in [-0.25, -0.2) is 0 Å². The van der Waals surface area contributed by atoms with Crippen LogP contribution in [0.5, 0.6) is 5.75 Å². The molecular formula is C26H21ClN2O3S2. The summed E-state index contributed by atoms with van der Waals surface area (Å²) in [5, 5.41) is 3.38. The molecular weight excluding hydrogens is 488 g/mol. The van der Waals surface area contributed by atoms with Gasteiger partial charge in [-0.2, -0.15) is 0 Å². The number of aryl methyl sites for hydroxylation is 1. The SMILES string of the molecule is Cc1ccc(N2C(=O)/C(=C/c3ccc(OCC(=O)Nc4cccc(Cl)c4C)cc3)SC2=S)cc1. The lowest BCUT2D eigenvalue weighted by Gasteiger charge is -2.14.